The van der Waals surface area contributed by atoms with E-state index in [1.807, 2.05) is 6.07 Å². The second-order valence-electron chi connectivity index (χ2n) is 5.89. The van der Waals surface area contributed by atoms with E-state index in [9.17, 15) is 0 Å². The number of hydrogen-bond acceptors (Lipinski definition) is 3. The summed E-state index contributed by atoms with van der Waals surface area (Å²) >= 11 is 5.92. The molecule has 0 fully saturated rings. The van der Waals surface area contributed by atoms with E-state index in [-0.39, 0.29) is 5.54 Å². The minimum Gasteiger partial charge on any atom is -0.308 e. The quantitative estimate of drug-likeness (QED) is 0.939. The topological polar surface area (TPSA) is 42.7 Å². The van der Waals surface area contributed by atoms with Crippen LogP contribution in [0, 0.1) is 0 Å². The molecule has 20 heavy (non-hydrogen) atoms. The van der Waals surface area contributed by atoms with Crippen molar-refractivity contribution in [1.29, 1.82) is 0 Å². The summed E-state index contributed by atoms with van der Waals surface area (Å²) in [5.74, 6) is 0.807. The molecule has 1 N–H and O–H groups in total. The number of rotatable bonds is 4. The highest BCUT2D eigenvalue weighted by molar-refractivity contribution is 6.30. The number of nitrogens with one attached hydrogen (secondary N) is 1. The zero-order valence-electron chi connectivity index (χ0n) is 12.4. The molecule has 0 bridgehead atoms. The van der Waals surface area contributed by atoms with Crippen molar-refractivity contribution in [2.24, 2.45) is 0 Å². The van der Waals surface area contributed by atoms with Gasteiger partial charge < -0.3 is 5.32 Å². The average molecular weight is 293 g/mol. The van der Waals surface area contributed by atoms with Gasteiger partial charge in [-0.15, -0.1) is 0 Å². The van der Waals surface area contributed by atoms with E-state index < -0.39 is 0 Å². The molecule has 0 aromatic carbocycles. The molecule has 0 saturated carbocycles. The maximum Gasteiger partial charge on any atom is 0.153 e. The van der Waals surface area contributed by atoms with Gasteiger partial charge in [0, 0.05) is 17.8 Å². The summed E-state index contributed by atoms with van der Waals surface area (Å²) in [4.78, 5) is 4.59. The molecule has 0 aliphatic carbocycles. The average Bonchev–Trinajstić information content (AvgIpc) is 2.82. The Kier molecular flexibility index (Phi) is 4.45. The highest BCUT2D eigenvalue weighted by atomic mass is 35.5. The third-order valence-electron chi connectivity index (χ3n) is 2.90. The first-order valence-corrected chi connectivity index (χ1v) is 7.20. The number of halogens is 1. The first-order valence-electron chi connectivity index (χ1n) is 6.83. The van der Waals surface area contributed by atoms with E-state index in [2.05, 4.69) is 49.2 Å². The first-order chi connectivity index (χ1) is 9.37. The molecule has 2 aromatic heterocycles. The van der Waals surface area contributed by atoms with Gasteiger partial charge in [-0.1, -0.05) is 18.5 Å². The number of pyridine rings is 1. The van der Waals surface area contributed by atoms with Crippen molar-refractivity contribution >= 4 is 11.6 Å². The fraction of sp³-hybridized carbons (Fsp3) is 0.467. The van der Waals surface area contributed by atoms with Crippen LogP contribution in [-0.4, -0.2) is 20.3 Å². The lowest BCUT2D eigenvalue weighted by Gasteiger charge is -2.21. The number of hydrogen-bond donors (Lipinski definition) is 1. The molecule has 0 aliphatic heterocycles. The van der Waals surface area contributed by atoms with Crippen molar-refractivity contribution in [3.05, 3.63) is 40.8 Å². The van der Waals surface area contributed by atoms with Crippen LogP contribution in [0.5, 0.6) is 0 Å². The van der Waals surface area contributed by atoms with Crippen LogP contribution in [0.3, 0.4) is 0 Å². The lowest BCUT2D eigenvalue weighted by atomic mass is 10.1. The Labute approximate surface area is 125 Å². The summed E-state index contributed by atoms with van der Waals surface area (Å²) < 4.78 is 1.71. The van der Waals surface area contributed by atoms with E-state index in [1.165, 1.54) is 5.56 Å². The van der Waals surface area contributed by atoms with Crippen LogP contribution in [0.15, 0.2) is 24.5 Å². The Morgan fingerprint density at radius 1 is 1.30 bits per heavy atom. The lowest BCUT2D eigenvalue weighted by Crippen LogP contribution is -2.35. The smallest absolute Gasteiger partial charge is 0.153 e. The Balaban J connectivity index is 2.29. The highest BCUT2D eigenvalue weighted by Crippen LogP contribution is 2.14. The largest absolute Gasteiger partial charge is 0.308 e. The molecule has 0 radical (unpaired) electrons. The van der Waals surface area contributed by atoms with Gasteiger partial charge in [-0.2, -0.15) is 5.10 Å². The van der Waals surface area contributed by atoms with Gasteiger partial charge in [-0.3, -0.25) is 0 Å². The van der Waals surface area contributed by atoms with Crippen LogP contribution in [0.2, 0.25) is 5.02 Å². The molecule has 4 nitrogen and oxygen atoms in total. The SMILES string of the molecule is CCc1cc(CNC(C)(C)C)cc(-n2cc(Cl)cn2)n1. The molecule has 0 aliphatic rings. The van der Waals surface area contributed by atoms with E-state index in [0.29, 0.717) is 5.02 Å². The molecule has 0 amide bonds. The van der Waals surface area contributed by atoms with Gasteiger partial charge in [0.1, 0.15) is 0 Å². The lowest BCUT2D eigenvalue weighted by molar-refractivity contribution is 0.424. The predicted octanol–water partition coefficient (Wildman–Crippen LogP) is 3.37. The van der Waals surface area contributed by atoms with Crippen LogP contribution in [0.4, 0.5) is 0 Å². The van der Waals surface area contributed by atoms with Crippen LogP contribution in [-0.2, 0) is 13.0 Å². The van der Waals surface area contributed by atoms with E-state index in [4.69, 9.17) is 11.6 Å². The van der Waals surface area contributed by atoms with Gasteiger partial charge in [-0.05, 0) is 44.9 Å². The van der Waals surface area contributed by atoms with Gasteiger partial charge in [0.15, 0.2) is 5.82 Å². The number of nitrogens with zero attached hydrogens (tertiary/aromatic N) is 3. The minimum absolute atomic E-state index is 0.0881. The van der Waals surface area contributed by atoms with Crippen LogP contribution >= 0.6 is 11.6 Å². The molecule has 0 unspecified atom stereocenters. The molecule has 2 rings (SSSR count). The third kappa shape index (κ3) is 4.05. The summed E-state index contributed by atoms with van der Waals surface area (Å²) in [7, 11) is 0. The Morgan fingerprint density at radius 3 is 2.60 bits per heavy atom. The monoisotopic (exact) mass is 292 g/mol. The standard InChI is InChI=1S/C15H21ClN4/c1-5-13-6-11(8-17-15(2,3)4)7-14(19-13)20-10-12(16)9-18-20/h6-7,9-10,17H,5,8H2,1-4H3. The van der Waals surface area contributed by atoms with E-state index in [1.54, 1.807) is 17.1 Å². The van der Waals surface area contributed by atoms with Gasteiger partial charge in [0.2, 0.25) is 0 Å². The summed E-state index contributed by atoms with van der Waals surface area (Å²) in [5.41, 5.74) is 2.35. The Bertz CT molecular complexity index is 584. The van der Waals surface area contributed by atoms with Crippen molar-refractivity contribution in [2.45, 2.75) is 46.2 Å². The van der Waals surface area contributed by atoms with E-state index in [0.717, 1.165) is 24.5 Å². The molecule has 5 heteroatoms. The van der Waals surface area contributed by atoms with Crippen molar-refractivity contribution in [1.82, 2.24) is 20.1 Å². The van der Waals surface area contributed by atoms with E-state index >= 15 is 0 Å². The molecule has 2 aromatic rings. The van der Waals surface area contributed by atoms with Crippen LogP contribution in [0.1, 0.15) is 39.0 Å². The Hall–Kier alpha value is -1.39. The minimum atomic E-state index is 0.0881. The van der Waals surface area contributed by atoms with Crippen molar-refractivity contribution in [3.63, 3.8) is 0 Å². The normalized spacial score (nSPS) is 11.8. The molecule has 108 valence electrons. The van der Waals surface area contributed by atoms with Gasteiger partial charge >= 0.3 is 0 Å². The van der Waals surface area contributed by atoms with Crippen LogP contribution in [0.25, 0.3) is 5.82 Å². The van der Waals surface area contributed by atoms with Crippen molar-refractivity contribution in [2.75, 3.05) is 0 Å². The molecule has 2 heterocycles. The third-order valence-corrected chi connectivity index (χ3v) is 3.09. The van der Waals surface area contributed by atoms with Gasteiger partial charge in [-0.25, -0.2) is 9.67 Å². The van der Waals surface area contributed by atoms with Crippen LogP contribution < -0.4 is 5.32 Å². The zero-order valence-corrected chi connectivity index (χ0v) is 13.2. The van der Waals surface area contributed by atoms with Gasteiger partial charge in [0.25, 0.3) is 0 Å². The van der Waals surface area contributed by atoms with Crippen molar-refractivity contribution < 1.29 is 0 Å². The number of aromatic nitrogens is 3. The molecular weight excluding hydrogens is 272 g/mol. The molecular formula is C15H21ClN4. The maximum atomic E-state index is 5.92. The molecule has 0 spiro atoms. The second-order valence-corrected chi connectivity index (χ2v) is 6.32. The summed E-state index contributed by atoms with van der Waals surface area (Å²) in [6.07, 6.45) is 4.28. The highest BCUT2D eigenvalue weighted by Gasteiger charge is 2.10. The second kappa shape index (κ2) is 5.94. The molecule has 0 saturated heterocycles. The fourth-order valence-corrected chi connectivity index (χ4v) is 1.96. The first kappa shape index (κ1) is 15.0. The van der Waals surface area contributed by atoms with Crippen molar-refractivity contribution in [3.8, 4) is 5.82 Å². The number of aryl methyl sites for hydroxylation is 1. The Morgan fingerprint density at radius 2 is 2.05 bits per heavy atom. The predicted molar refractivity (Wildman–Crippen MR) is 82.3 cm³/mol. The maximum absolute atomic E-state index is 5.92. The zero-order chi connectivity index (χ0) is 14.8. The van der Waals surface area contributed by atoms with Gasteiger partial charge in [0.05, 0.1) is 17.4 Å². The summed E-state index contributed by atoms with van der Waals surface area (Å²) in [5, 5.41) is 8.32. The summed E-state index contributed by atoms with van der Waals surface area (Å²) in [6, 6.07) is 4.18. The molecule has 0 atom stereocenters. The fourth-order valence-electron chi connectivity index (χ4n) is 1.83. The summed E-state index contributed by atoms with van der Waals surface area (Å²) in [6.45, 7) is 9.37.